The van der Waals surface area contributed by atoms with Crippen LogP contribution in [-0.2, 0) is 0 Å². The number of anilines is 3. The molecule has 2 fully saturated rings. The first-order valence-electron chi connectivity index (χ1n) is 10.1. The van der Waals surface area contributed by atoms with Gasteiger partial charge >= 0.3 is 0 Å². The number of hydrogen-bond acceptors (Lipinski definition) is 10. The molecule has 2 saturated heterocycles. The highest BCUT2D eigenvalue weighted by atomic mass is 35.5. The van der Waals surface area contributed by atoms with Crippen molar-refractivity contribution in [2.24, 2.45) is 0 Å². The number of nitrogen functional groups attached to an aromatic ring is 2. The molecule has 180 valence electrons. The van der Waals surface area contributed by atoms with Gasteiger partial charge in [0.05, 0.1) is 9.85 Å². The number of hydrogen-bond donors (Lipinski definition) is 3. The molecule has 10 nitrogen and oxygen atoms in total. The van der Waals surface area contributed by atoms with Crippen LogP contribution in [0.3, 0.4) is 0 Å². The van der Waals surface area contributed by atoms with Gasteiger partial charge in [-0.1, -0.05) is 11.6 Å². The standard InChI is InChI=1S/C10H13N3O2S.C6H5ClN2O2.C4H9NS/c11-9-7-8(1-2-10(9)13(14)15)12-3-5-16-6-4-12;7-4-1-2-6(9(10)11)5(8)3-4;1-3-6-4-2-5-1/h1-2,7H,3-6,11H2;1-3H,8H2;5H,1-4H2. The van der Waals surface area contributed by atoms with Crippen molar-refractivity contribution in [1.29, 1.82) is 0 Å². The van der Waals surface area contributed by atoms with Gasteiger partial charge in [0.15, 0.2) is 0 Å². The number of thioether (sulfide) groups is 2. The van der Waals surface area contributed by atoms with E-state index in [9.17, 15) is 20.2 Å². The van der Waals surface area contributed by atoms with E-state index in [1.165, 1.54) is 48.9 Å². The predicted octanol–water partition coefficient (Wildman–Crippen LogP) is 3.88. The molecule has 0 atom stereocenters. The van der Waals surface area contributed by atoms with Crippen molar-refractivity contribution in [2.75, 3.05) is 65.6 Å². The first kappa shape index (κ1) is 26.8. The Labute approximate surface area is 205 Å². The zero-order valence-corrected chi connectivity index (χ0v) is 20.3. The van der Waals surface area contributed by atoms with Crippen LogP contribution in [0, 0.1) is 20.2 Å². The Balaban J connectivity index is 0.000000195. The first-order chi connectivity index (χ1) is 15.8. The average Bonchev–Trinajstić information content (AvgIpc) is 2.81. The molecule has 0 radical (unpaired) electrons. The molecule has 0 aliphatic carbocycles. The highest BCUT2D eigenvalue weighted by Gasteiger charge is 2.16. The van der Waals surface area contributed by atoms with Crippen LogP contribution in [0.4, 0.5) is 28.4 Å². The van der Waals surface area contributed by atoms with Gasteiger partial charge in [0.25, 0.3) is 11.4 Å². The van der Waals surface area contributed by atoms with Crippen molar-refractivity contribution >= 4 is 63.6 Å². The molecule has 0 amide bonds. The summed E-state index contributed by atoms with van der Waals surface area (Å²) >= 11 is 9.48. The monoisotopic (exact) mass is 514 g/mol. The van der Waals surface area contributed by atoms with Crippen molar-refractivity contribution in [3.63, 3.8) is 0 Å². The van der Waals surface area contributed by atoms with E-state index in [1.807, 2.05) is 23.5 Å². The summed E-state index contributed by atoms with van der Waals surface area (Å²) < 4.78 is 0. The second-order valence-electron chi connectivity index (χ2n) is 6.92. The highest BCUT2D eigenvalue weighted by Crippen LogP contribution is 2.28. The van der Waals surface area contributed by atoms with Crippen LogP contribution in [0.15, 0.2) is 36.4 Å². The van der Waals surface area contributed by atoms with Crippen molar-refractivity contribution in [2.45, 2.75) is 0 Å². The van der Waals surface area contributed by atoms with Crippen molar-refractivity contribution in [1.82, 2.24) is 5.32 Å². The second-order valence-corrected chi connectivity index (χ2v) is 9.81. The van der Waals surface area contributed by atoms with Crippen LogP contribution in [0.2, 0.25) is 5.02 Å². The van der Waals surface area contributed by atoms with Crippen LogP contribution in [0.25, 0.3) is 0 Å². The summed E-state index contributed by atoms with van der Waals surface area (Å²) in [6, 6.07) is 8.98. The third-order valence-electron chi connectivity index (χ3n) is 4.62. The van der Waals surface area contributed by atoms with Crippen molar-refractivity contribution in [3.05, 3.63) is 61.6 Å². The summed E-state index contributed by atoms with van der Waals surface area (Å²) in [6.45, 7) is 4.37. The van der Waals surface area contributed by atoms with Crippen molar-refractivity contribution < 1.29 is 9.85 Å². The number of rotatable bonds is 3. The van der Waals surface area contributed by atoms with Crippen LogP contribution >= 0.6 is 35.1 Å². The molecule has 0 aromatic heterocycles. The number of benzene rings is 2. The summed E-state index contributed by atoms with van der Waals surface area (Å²) in [5.41, 5.74) is 12.1. The van der Waals surface area contributed by atoms with Gasteiger partial charge in [0.2, 0.25) is 0 Å². The molecule has 2 aromatic carbocycles. The fourth-order valence-corrected chi connectivity index (χ4v) is 4.80. The van der Waals surface area contributed by atoms with E-state index in [0.717, 1.165) is 30.3 Å². The summed E-state index contributed by atoms with van der Waals surface area (Å²) in [5.74, 6) is 4.80. The smallest absolute Gasteiger partial charge is 0.292 e. The Morgan fingerprint density at radius 2 is 1.36 bits per heavy atom. The number of nitro groups is 2. The fraction of sp³-hybridized carbons (Fsp3) is 0.400. The van der Waals surface area contributed by atoms with Gasteiger partial charge in [-0.25, -0.2) is 0 Å². The number of nitrogens with one attached hydrogen (secondary N) is 1. The number of nitrogens with two attached hydrogens (primary N) is 2. The van der Waals surface area contributed by atoms with Crippen molar-refractivity contribution in [3.8, 4) is 0 Å². The lowest BCUT2D eigenvalue weighted by Crippen LogP contribution is -2.32. The molecule has 2 aliphatic rings. The number of nitrogens with zero attached hydrogens (tertiary/aromatic N) is 3. The fourth-order valence-electron chi connectivity index (χ4n) is 2.93. The maximum absolute atomic E-state index is 10.6. The molecule has 0 bridgehead atoms. The number of halogens is 1. The van der Waals surface area contributed by atoms with Gasteiger partial charge in [-0.2, -0.15) is 23.5 Å². The Hall–Kier alpha value is -2.41. The van der Waals surface area contributed by atoms with Crippen LogP contribution < -0.4 is 21.7 Å². The Kier molecular flexibility index (Phi) is 11.4. The van der Waals surface area contributed by atoms with Crippen LogP contribution in [0.5, 0.6) is 0 Å². The third kappa shape index (κ3) is 9.16. The van der Waals surface area contributed by atoms with E-state index in [2.05, 4.69) is 10.2 Å². The molecule has 0 saturated carbocycles. The Bertz CT molecular complexity index is 931. The lowest BCUT2D eigenvalue weighted by atomic mass is 10.2. The van der Waals surface area contributed by atoms with E-state index in [-0.39, 0.29) is 22.7 Å². The second kappa shape index (κ2) is 14.0. The topological polar surface area (TPSA) is 154 Å². The van der Waals surface area contributed by atoms with Gasteiger partial charge in [-0.15, -0.1) is 0 Å². The summed E-state index contributed by atoms with van der Waals surface area (Å²) in [7, 11) is 0. The van der Waals surface area contributed by atoms with Gasteiger partial charge in [0.1, 0.15) is 11.4 Å². The zero-order chi connectivity index (χ0) is 24.2. The third-order valence-corrected chi connectivity index (χ3v) is 6.78. The average molecular weight is 515 g/mol. The minimum atomic E-state index is -0.550. The maximum Gasteiger partial charge on any atom is 0.292 e. The normalized spacial score (nSPS) is 15.4. The largest absolute Gasteiger partial charge is 0.393 e. The molecule has 0 unspecified atom stereocenters. The first-order valence-corrected chi connectivity index (χ1v) is 12.8. The van der Waals surface area contributed by atoms with E-state index in [1.54, 1.807) is 12.1 Å². The van der Waals surface area contributed by atoms with Gasteiger partial charge < -0.3 is 21.7 Å². The molecule has 4 rings (SSSR count). The maximum atomic E-state index is 10.6. The molecular formula is C20H27ClN6O4S2. The minimum absolute atomic E-state index is 0.0184. The molecule has 5 N–H and O–H groups in total. The van der Waals surface area contributed by atoms with E-state index >= 15 is 0 Å². The summed E-state index contributed by atoms with van der Waals surface area (Å²) in [4.78, 5) is 22.0. The minimum Gasteiger partial charge on any atom is -0.393 e. The van der Waals surface area contributed by atoms with Crippen LogP contribution in [-0.4, -0.2) is 59.0 Å². The SMILES string of the molecule is C1CSCCN1.Nc1cc(Cl)ccc1[N+](=O)[O-].Nc1cc(N2CCSCC2)ccc1[N+](=O)[O-]. The molecule has 2 aliphatic heterocycles. The quantitative estimate of drug-likeness (QED) is 0.312. The predicted molar refractivity (Wildman–Crippen MR) is 140 cm³/mol. The number of nitro benzene ring substituents is 2. The van der Waals surface area contributed by atoms with E-state index in [0.29, 0.717) is 5.02 Å². The summed E-state index contributed by atoms with van der Waals surface area (Å²) in [6.07, 6.45) is 0. The molecule has 2 heterocycles. The molecule has 13 heteroatoms. The molecule has 2 aromatic rings. The lowest BCUT2D eigenvalue weighted by Gasteiger charge is -2.28. The van der Waals surface area contributed by atoms with Gasteiger partial charge in [0, 0.05) is 72.0 Å². The summed E-state index contributed by atoms with van der Waals surface area (Å²) in [5, 5.41) is 24.5. The molecule has 0 spiro atoms. The van der Waals surface area contributed by atoms with E-state index in [4.69, 9.17) is 23.1 Å². The van der Waals surface area contributed by atoms with Crippen LogP contribution in [0.1, 0.15) is 0 Å². The zero-order valence-electron chi connectivity index (χ0n) is 17.9. The van der Waals surface area contributed by atoms with Gasteiger partial charge in [-0.3, -0.25) is 20.2 Å². The Morgan fingerprint density at radius 1 is 0.848 bits per heavy atom. The lowest BCUT2D eigenvalue weighted by molar-refractivity contribution is -0.384. The molecular weight excluding hydrogens is 488 g/mol. The molecule has 33 heavy (non-hydrogen) atoms. The Morgan fingerprint density at radius 3 is 1.79 bits per heavy atom. The van der Waals surface area contributed by atoms with E-state index < -0.39 is 9.85 Å². The highest BCUT2D eigenvalue weighted by molar-refractivity contribution is 7.99. The van der Waals surface area contributed by atoms with Gasteiger partial charge in [-0.05, 0) is 24.3 Å².